The second-order valence-corrected chi connectivity index (χ2v) is 7.28. The standard InChI is InChI=1S/C18H19Cl2N3O/c1-10-8-9-13(15(20)14(10)19)21-17(24)22-16-11-6-4-5-7-12(11)23-18(16,2)3/h4-9,16,23H,1-3H3,(H2,21,22,24). The van der Waals surface area contributed by atoms with Crippen LogP contribution in [0.2, 0.25) is 10.0 Å². The lowest BCUT2D eigenvalue weighted by Gasteiger charge is -2.29. The molecule has 2 aromatic rings. The zero-order chi connectivity index (χ0) is 17.5. The average molecular weight is 364 g/mol. The van der Waals surface area contributed by atoms with Gasteiger partial charge in [0, 0.05) is 5.69 Å². The molecule has 1 aliphatic heterocycles. The highest BCUT2D eigenvalue weighted by Crippen LogP contribution is 2.40. The SMILES string of the molecule is Cc1ccc(NC(=O)NC2c3ccccc3NC2(C)C)c(Cl)c1Cl. The topological polar surface area (TPSA) is 53.2 Å². The molecule has 0 saturated carbocycles. The summed E-state index contributed by atoms with van der Waals surface area (Å²) in [6, 6.07) is 11.0. The summed E-state index contributed by atoms with van der Waals surface area (Å²) in [6.07, 6.45) is 0. The quantitative estimate of drug-likeness (QED) is 0.671. The monoisotopic (exact) mass is 363 g/mol. The largest absolute Gasteiger partial charge is 0.377 e. The van der Waals surface area contributed by atoms with Crippen LogP contribution in [0, 0.1) is 6.92 Å². The molecule has 0 aliphatic carbocycles. The Morgan fingerprint density at radius 1 is 1.12 bits per heavy atom. The third-order valence-corrected chi connectivity index (χ3v) is 5.23. The molecule has 0 spiro atoms. The lowest BCUT2D eigenvalue weighted by molar-refractivity contribution is 0.244. The van der Waals surface area contributed by atoms with E-state index in [-0.39, 0.29) is 17.6 Å². The number of aryl methyl sites for hydroxylation is 1. The Morgan fingerprint density at radius 2 is 1.83 bits per heavy atom. The van der Waals surface area contributed by atoms with Crippen molar-refractivity contribution in [3.63, 3.8) is 0 Å². The summed E-state index contributed by atoms with van der Waals surface area (Å²) in [5.41, 5.74) is 3.15. The second-order valence-electron chi connectivity index (χ2n) is 6.52. The van der Waals surface area contributed by atoms with E-state index in [1.807, 2.05) is 51.1 Å². The Hall–Kier alpha value is -1.91. The fraction of sp³-hybridized carbons (Fsp3) is 0.278. The molecule has 2 amide bonds. The number of fused-ring (bicyclic) bond motifs is 1. The third kappa shape index (κ3) is 3.04. The van der Waals surface area contributed by atoms with E-state index in [1.165, 1.54) is 0 Å². The highest BCUT2D eigenvalue weighted by atomic mass is 35.5. The number of anilines is 2. The highest BCUT2D eigenvalue weighted by molar-refractivity contribution is 6.44. The molecular formula is C18H19Cl2N3O. The molecule has 1 unspecified atom stereocenters. The normalized spacial score (nSPS) is 17.8. The van der Waals surface area contributed by atoms with Crippen molar-refractivity contribution in [2.24, 2.45) is 0 Å². The van der Waals surface area contributed by atoms with Crippen molar-refractivity contribution in [2.45, 2.75) is 32.4 Å². The molecule has 0 saturated heterocycles. The molecule has 0 aromatic heterocycles. The first-order chi connectivity index (χ1) is 11.3. The first kappa shape index (κ1) is 16.9. The maximum Gasteiger partial charge on any atom is 0.319 e. The van der Waals surface area contributed by atoms with Gasteiger partial charge < -0.3 is 16.0 Å². The van der Waals surface area contributed by atoms with Gasteiger partial charge in [-0.05, 0) is 44.0 Å². The highest BCUT2D eigenvalue weighted by Gasteiger charge is 2.39. The van der Waals surface area contributed by atoms with Gasteiger partial charge in [0.15, 0.2) is 0 Å². The maximum absolute atomic E-state index is 12.5. The van der Waals surface area contributed by atoms with Gasteiger partial charge in [-0.2, -0.15) is 0 Å². The molecule has 3 N–H and O–H groups in total. The van der Waals surface area contributed by atoms with E-state index in [2.05, 4.69) is 16.0 Å². The lowest BCUT2D eigenvalue weighted by atomic mass is 9.93. The molecule has 1 atom stereocenters. The minimum absolute atomic E-state index is 0.159. The van der Waals surface area contributed by atoms with Gasteiger partial charge in [-0.3, -0.25) is 0 Å². The van der Waals surface area contributed by atoms with E-state index in [4.69, 9.17) is 23.2 Å². The molecule has 6 heteroatoms. The molecule has 1 heterocycles. The van der Waals surface area contributed by atoms with E-state index >= 15 is 0 Å². The summed E-state index contributed by atoms with van der Waals surface area (Å²) in [5.74, 6) is 0. The van der Waals surface area contributed by atoms with Crippen LogP contribution < -0.4 is 16.0 Å². The second kappa shape index (κ2) is 6.19. The molecule has 1 aliphatic rings. The van der Waals surface area contributed by atoms with Crippen molar-refractivity contribution < 1.29 is 4.79 Å². The summed E-state index contributed by atoms with van der Waals surface area (Å²) in [6.45, 7) is 5.96. The Kier molecular flexibility index (Phi) is 4.37. The maximum atomic E-state index is 12.5. The smallest absolute Gasteiger partial charge is 0.319 e. The van der Waals surface area contributed by atoms with Crippen LogP contribution in [0.5, 0.6) is 0 Å². The summed E-state index contributed by atoms with van der Waals surface area (Å²) < 4.78 is 0. The van der Waals surface area contributed by atoms with Crippen LogP contribution in [0.1, 0.15) is 31.0 Å². The van der Waals surface area contributed by atoms with Gasteiger partial charge in [-0.25, -0.2) is 4.79 Å². The van der Waals surface area contributed by atoms with Crippen molar-refractivity contribution in [1.82, 2.24) is 5.32 Å². The van der Waals surface area contributed by atoms with Crippen molar-refractivity contribution in [1.29, 1.82) is 0 Å². The van der Waals surface area contributed by atoms with Crippen LogP contribution in [-0.4, -0.2) is 11.6 Å². The molecule has 0 radical (unpaired) electrons. The van der Waals surface area contributed by atoms with Crippen LogP contribution in [0.15, 0.2) is 36.4 Å². The van der Waals surface area contributed by atoms with E-state index in [9.17, 15) is 4.79 Å². The van der Waals surface area contributed by atoms with Crippen molar-refractivity contribution in [2.75, 3.05) is 10.6 Å². The summed E-state index contributed by atoms with van der Waals surface area (Å²) in [4.78, 5) is 12.5. The fourth-order valence-corrected chi connectivity index (χ4v) is 3.38. The van der Waals surface area contributed by atoms with E-state index in [0.717, 1.165) is 16.8 Å². The van der Waals surface area contributed by atoms with Gasteiger partial charge in [0.1, 0.15) is 0 Å². The van der Waals surface area contributed by atoms with Gasteiger partial charge in [0.25, 0.3) is 0 Å². The molecule has 4 nitrogen and oxygen atoms in total. The number of rotatable bonds is 2. The van der Waals surface area contributed by atoms with Crippen molar-refractivity contribution in [3.05, 3.63) is 57.6 Å². The zero-order valence-electron chi connectivity index (χ0n) is 13.7. The Morgan fingerprint density at radius 3 is 2.58 bits per heavy atom. The zero-order valence-corrected chi connectivity index (χ0v) is 15.2. The first-order valence-corrected chi connectivity index (χ1v) is 8.44. The number of urea groups is 1. The number of nitrogens with one attached hydrogen (secondary N) is 3. The minimum atomic E-state index is -0.326. The molecule has 0 bridgehead atoms. The molecule has 3 rings (SSSR count). The van der Waals surface area contributed by atoms with Gasteiger partial charge >= 0.3 is 6.03 Å². The van der Waals surface area contributed by atoms with Crippen LogP contribution in [-0.2, 0) is 0 Å². The fourth-order valence-electron chi connectivity index (χ4n) is 2.96. The Bertz CT molecular complexity index is 805. The van der Waals surface area contributed by atoms with E-state index in [0.29, 0.717) is 15.7 Å². The lowest BCUT2D eigenvalue weighted by Crippen LogP contribution is -2.44. The van der Waals surface area contributed by atoms with Gasteiger partial charge in [0.2, 0.25) is 0 Å². The van der Waals surface area contributed by atoms with Gasteiger partial charge in [-0.1, -0.05) is 47.5 Å². The van der Waals surface area contributed by atoms with E-state index < -0.39 is 0 Å². The van der Waals surface area contributed by atoms with Gasteiger partial charge in [-0.15, -0.1) is 0 Å². The molecule has 24 heavy (non-hydrogen) atoms. The first-order valence-electron chi connectivity index (χ1n) is 7.69. The van der Waals surface area contributed by atoms with Crippen LogP contribution in [0.3, 0.4) is 0 Å². The number of hydrogen-bond acceptors (Lipinski definition) is 2. The summed E-state index contributed by atoms with van der Waals surface area (Å²) in [7, 11) is 0. The van der Waals surface area contributed by atoms with Crippen molar-refractivity contribution >= 4 is 40.6 Å². The van der Waals surface area contributed by atoms with Crippen LogP contribution >= 0.6 is 23.2 Å². The van der Waals surface area contributed by atoms with Gasteiger partial charge in [0.05, 0.1) is 27.3 Å². The molecular weight excluding hydrogens is 345 g/mol. The number of benzene rings is 2. The number of halogens is 2. The predicted octanol–water partition coefficient (Wildman–Crippen LogP) is 5.37. The molecule has 126 valence electrons. The van der Waals surface area contributed by atoms with E-state index in [1.54, 1.807) is 6.07 Å². The average Bonchev–Trinajstić information content (AvgIpc) is 2.78. The van der Waals surface area contributed by atoms with Crippen LogP contribution in [0.25, 0.3) is 0 Å². The predicted molar refractivity (Wildman–Crippen MR) is 100 cm³/mol. The number of hydrogen-bond donors (Lipinski definition) is 3. The number of carbonyl (C=O) groups is 1. The third-order valence-electron chi connectivity index (χ3n) is 4.25. The number of carbonyl (C=O) groups excluding carboxylic acids is 1. The summed E-state index contributed by atoms with van der Waals surface area (Å²) in [5, 5.41) is 10.0. The minimum Gasteiger partial charge on any atom is -0.377 e. The van der Waals surface area contributed by atoms with Crippen LogP contribution in [0.4, 0.5) is 16.2 Å². The Balaban J connectivity index is 1.79. The molecule has 2 aromatic carbocycles. The Labute approximate surface area is 151 Å². The summed E-state index contributed by atoms with van der Waals surface area (Å²) >= 11 is 12.3. The number of amides is 2. The van der Waals surface area contributed by atoms with Crippen molar-refractivity contribution in [3.8, 4) is 0 Å². The number of para-hydroxylation sites is 1. The molecule has 0 fully saturated rings.